The fraction of sp³-hybridized carbons (Fsp3) is 0.438. The van der Waals surface area contributed by atoms with Crippen LogP contribution in [0.25, 0.3) is 0 Å². The van der Waals surface area contributed by atoms with Crippen molar-refractivity contribution in [1.29, 1.82) is 0 Å². The second kappa shape index (κ2) is 7.59. The Morgan fingerprint density at radius 2 is 1.64 bits per heavy atom. The SMILES string of the molecule is CC(C)(C)CC(=O)NCC(=O)Nc1ccc(CC(=O)O)cc1. The Labute approximate surface area is 129 Å². The molecular formula is C16H22N2O4. The minimum absolute atomic E-state index is 0.0584. The van der Waals surface area contributed by atoms with Gasteiger partial charge in [-0.25, -0.2) is 0 Å². The second-order valence-electron chi connectivity index (χ2n) is 6.33. The predicted molar refractivity (Wildman–Crippen MR) is 83.5 cm³/mol. The first kappa shape index (κ1) is 17.7. The zero-order chi connectivity index (χ0) is 16.8. The number of rotatable bonds is 6. The van der Waals surface area contributed by atoms with E-state index in [1.54, 1.807) is 24.3 Å². The topological polar surface area (TPSA) is 95.5 Å². The van der Waals surface area contributed by atoms with Crippen molar-refractivity contribution in [3.05, 3.63) is 29.8 Å². The third kappa shape index (κ3) is 7.42. The van der Waals surface area contributed by atoms with Gasteiger partial charge in [0.1, 0.15) is 0 Å². The van der Waals surface area contributed by atoms with Gasteiger partial charge in [0.15, 0.2) is 0 Å². The Kier molecular flexibility index (Phi) is 6.10. The highest BCUT2D eigenvalue weighted by Gasteiger charge is 2.16. The van der Waals surface area contributed by atoms with Crippen LogP contribution in [0.5, 0.6) is 0 Å². The lowest BCUT2D eigenvalue weighted by atomic mass is 9.92. The molecule has 2 amide bonds. The molecule has 0 saturated heterocycles. The quantitative estimate of drug-likeness (QED) is 0.747. The van der Waals surface area contributed by atoms with Crippen LogP contribution in [0.4, 0.5) is 5.69 Å². The van der Waals surface area contributed by atoms with E-state index in [2.05, 4.69) is 10.6 Å². The molecule has 0 aliphatic carbocycles. The number of carbonyl (C=O) groups excluding carboxylic acids is 2. The van der Waals surface area contributed by atoms with Crippen LogP contribution in [-0.2, 0) is 20.8 Å². The van der Waals surface area contributed by atoms with E-state index in [1.807, 2.05) is 20.8 Å². The van der Waals surface area contributed by atoms with E-state index in [4.69, 9.17) is 5.11 Å². The molecule has 6 heteroatoms. The van der Waals surface area contributed by atoms with Crippen molar-refractivity contribution < 1.29 is 19.5 Å². The van der Waals surface area contributed by atoms with Crippen LogP contribution >= 0.6 is 0 Å². The third-order valence-corrected chi connectivity index (χ3v) is 2.73. The smallest absolute Gasteiger partial charge is 0.307 e. The summed E-state index contributed by atoms with van der Waals surface area (Å²) in [5.74, 6) is -1.40. The maximum absolute atomic E-state index is 11.7. The molecule has 3 N–H and O–H groups in total. The van der Waals surface area contributed by atoms with Gasteiger partial charge in [-0.15, -0.1) is 0 Å². The van der Waals surface area contributed by atoms with Crippen LogP contribution in [0, 0.1) is 5.41 Å². The van der Waals surface area contributed by atoms with Crippen molar-refractivity contribution in [2.75, 3.05) is 11.9 Å². The van der Waals surface area contributed by atoms with Gasteiger partial charge < -0.3 is 15.7 Å². The average molecular weight is 306 g/mol. The first-order valence-electron chi connectivity index (χ1n) is 7.03. The van der Waals surface area contributed by atoms with Gasteiger partial charge in [-0.05, 0) is 23.1 Å². The van der Waals surface area contributed by atoms with Gasteiger partial charge >= 0.3 is 5.97 Å². The van der Waals surface area contributed by atoms with Crippen LogP contribution in [0.15, 0.2) is 24.3 Å². The summed E-state index contributed by atoms with van der Waals surface area (Å²) in [6.45, 7) is 5.76. The molecule has 0 fully saturated rings. The maximum Gasteiger partial charge on any atom is 0.307 e. The Balaban J connectivity index is 2.42. The zero-order valence-electron chi connectivity index (χ0n) is 13.1. The van der Waals surface area contributed by atoms with Gasteiger partial charge in [0.2, 0.25) is 11.8 Å². The van der Waals surface area contributed by atoms with Crippen molar-refractivity contribution in [2.45, 2.75) is 33.6 Å². The van der Waals surface area contributed by atoms with Crippen LogP contribution in [0.2, 0.25) is 0 Å². The monoisotopic (exact) mass is 306 g/mol. The summed E-state index contributed by atoms with van der Waals surface area (Å²) in [7, 11) is 0. The Morgan fingerprint density at radius 1 is 1.05 bits per heavy atom. The molecule has 0 saturated carbocycles. The molecule has 0 unspecified atom stereocenters. The van der Waals surface area contributed by atoms with Crippen LogP contribution in [-0.4, -0.2) is 29.4 Å². The number of amides is 2. The number of carbonyl (C=O) groups is 3. The number of carboxylic acids is 1. The zero-order valence-corrected chi connectivity index (χ0v) is 13.1. The van der Waals surface area contributed by atoms with Crippen molar-refractivity contribution in [1.82, 2.24) is 5.32 Å². The molecule has 120 valence electrons. The summed E-state index contributed by atoms with van der Waals surface area (Å²) in [4.78, 5) is 33.9. The average Bonchev–Trinajstić information content (AvgIpc) is 2.36. The molecule has 0 spiro atoms. The molecular weight excluding hydrogens is 284 g/mol. The molecule has 1 rings (SSSR count). The fourth-order valence-electron chi connectivity index (χ4n) is 1.81. The van der Waals surface area contributed by atoms with Crippen LogP contribution < -0.4 is 10.6 Å². The minimum atomic E-state index is -0.904. The van der Waals surface area contributed by atoms with Gasteiger partial charge in [-0.3, -0.25) is 14.4 Å². The number of nitrogens with one attached hydrogen (secondary N) is 2. The molecule has 0 aromatic heterocycles. The lowest BCUT2D eigenvalue weighted by Gasteiger charge is -2.17. The molecule has 1 aromatic carbocycles. The maximum atomic E-state index is 11.7. The number of aliphatic carboxylic acids is 1. The van der Waals surface area contributed by atoms with Crippen molar-refractivity contribution >= 4 is 23.5 Å². The van der Waals surface area contributed by atoms with Gasteiger partial charge in [-0.2, -0.15) is 0 Å². The molecule has 6 nitrogen and oxygen atoms in total. The van der Waals surface area contributed by atoms with Gasteiger partial charge in [0, 0.05) is 12.1 Å². The van der Waals surface area contributed by atoms with E-state index in [0.29, 0.717) is 17.7 Å². The first-order chi connectivity index (χ1) is 10.2. The molecule has 0 bridgehead atoms. The highest BCUT2D eigenvalue weighted by Crippen LogP contribution is 2.17. The number of benzene rings is 1. The Hall–Kier alpha value is -2.37. The number of hydrogen-bond donors (Lipinski definition) is 3. The van der Waals surface area contributed by atoms with E-state index >= 15 is 0 Å². The Morgan fingerprint density at radius 3 is 2.14 bits per heavy atom. The van der Waals surface area contributed by atoms with E-state index in [-0.39, 0.29) is 30.2 Å². The fourth-order valence-corrected chi connectivity index (χ4v) is 1.81. The summed E-state index contributed by atoms with van der Waals surface area (Å²) < 4.78 is 0. The molecule has 0 radical (unpaired) electrons. The molecule has 0 aliphatic rings. The summed E-state index contributed by atoms with van der Waals surface area (Å²) in [6, 6.07) is 6.55. The van der Waals surface area contributed by atoms with Crippen LogP contribution in [0.1, 0.15) is 32.8 Å². The summed E-state index contributed by atoms with van der Waals surface area (Å²) in [6.07, 6.45) is 0.293. The van der Waals surface area contributed by atoms with E-state index in [9.17, 15) is 14.4 Å². The van der Waals surface area contributed by atoms with Crippen molar-refractivity contribution in [2.24, 2.45) is 5.41 Å². The van der Waals surface area contributed by atoms with E-state index < -0.39 is 5.97 Å². The van der Waals surface area contributed by atoms with Crippen LogP contribution in [0.3, 0.4) is 0 Å². The minimum Gasteiger partial charge on any atom is -0.481 e. The summed E-state index contributed by atoms with van der Waals surface area (Å²) >= 11 is 0. The molecule has 1 aromatic rings. The highest BCUT2D eigenvalue weighted by atomic mass is 16.4. The highest BCUT2D eigenvalue weighted by molar-refractivity contribution is 5.94. The number of hydrogen-bond acceptors (Lipinski definition) is 3. The molecule has 0 heterocycles. The standard InChI is InChI=1S/C16H22N2O4/c1-16(2,3)9-13(19)17-10-14(20)18-12-6-4-11(5-7-12)8-15(21)22/h4-7H,8-10H2,1-3H3,(H,17,19)(H,18,20)(H,21,22). The van der Waals surface area contributed by atoms with Gasteiger partial charge in [-0.1, -0.05) is 32.9 Å². The second-order valence-corrected chi connectivity index (χ2v) is 6.33. The van der Waals surface area contributed by atoms with Crippen molar-refractivity contribution in [3.63, 3.8) is 0 Å². The largest absolute Gasteiger partial charge is 0.481 e. The number of carboxylic acid groups (broad SMARTS) is 1. The van der Waals surface area contributed by atoms with Gasteiger partial charge in [0.25, 0.3) is 0 Å². The number of anilines is 1. The summed E-state index contributed by atoms with van der Waals surface area (Å²) in [5, 5.41) is 13.9. The first-order valence-corrected chi connectivity index (χ1v) is 7.03. The van der Waals surface area contributed by atoms with Gasteiger partial charge in [0.05, 0.1) is 13.0 Å². The molecule has 22 heavy (non-hydrogen) atoms. The summed E-state index contributed by atoms with van der Waals surface area (Å²) in [5.41, 5.74) is 1.09. The Bertz CT molecular complexity index is 544. The lowest BCUT2D eigenvalue weighted by Crippen LogP contribution is -2.34. The molecule has 0 aliphatic heterocycles. The van der Waals surface area contributed by atoms with E-state index in [1.165, 1.54) is 0 Å². The normalized spacial score (nSPS) is 10.9. The third-order valence-electron chi connectivity index (χ3n) is 2.73. The predicted octanol–water partition coefficient (Wildman–Crippen LogP) is 1.80. The van der Waals surface area contributed by atoms with Crippen molar-refractivity contribution in [3.8, 4) is 0 Å². The lowest BCUT2D eigenvalue weighted by molar-refractivity contribution is -0.136. The van der Waals surface area contributed by atoms with E-state index in [0.717, 1.165) is 0 Å². The molecule has 0 atom stereocenters.